The highest BCUT2D eigenvalue weighted by molar-refractivity contribution is 7.99. The lowest BCUT2D eigenvalue weighted by atomic mass is 9.92. The molecule has 2 aliphatic rings. The van der Waals surface area contributed by atoms with Gasteiger partial charge in [0.1, 0.15) is 0 Å². The molecule has 0 aromatic heterocycles. The Hall–Kier alpha value is -1.78. The van der Waals surface area contributed by atoms with Crippen molar-refractivity contribution in [1.82, 2.24) is 5.32 Å². The molecule has 1 aliphatic heterocycles. The fourth-order valence-electron chi connectivity index (χ4n) is 3.69. The Balaban J connectivity index is 1.46. The third kappa shape index (κ3) is 3.21. The van der Waals surface area contributed by atoms with Gasteiger partial charge in [-0.3, -0.25) is 4.79 Å². The summed E-state index contributed by atoms with van der Waals surface area (Å²) in [5, 5.41) is 6.58. The molecule has 4 rings (SSSR count). The van der Waals surface area contributed by atoms with Crippen molar-refractivity contribution < 1.29 is 4.79 Å². The van der Waals surface area contributed by atoms with Gasteiger partial charge in [0, 0.05) is 15.7 Å². The van der Waals surface area contributed by atoms with E-state index >= 15 is 0 Å². The minimum atomic E-state index is 0.189. The zero-order chi connectivity index (χ0) is 16.4. The summed E-state index contributed by atoms with van der Waals surface area (Å²) in [4.78, 5) is 15.0. The molecular weight excluding hydrogens is 316 g/mol. The Bertz CT molecular complexity index is 725. The zero-order valence-corrected chi connectivity index (χ0v) is 14.4. The number of hydrogen-bond donors (Lipinski definition) is 2. The molecule has 0 bridgehead atoms. The topological polar surface area (TPSA) is 41.1 Å². The van der Waals surface area contributed by atoms with Crippen LogP contribution < -0.4 is 10.6 Å². The molecule has 0 radical (unpaired) electrons. The van der Waals surface area contributed by atoms with E-state index in [1.807, 2.05) is 36.4 Å². The predicted molar refractivity (Wildman–Crippen MR) is 98.3 cm³/mol. The van der Waals surface area contributed by atoms with Crippen LogP contribution in [0.2, 0.25) is 0 Å². The van der Waals surface area contributed by atoms with Crippen LogP contribution >= 0.6 is 11.8 Å². The van der Waals surface area contributed by atoms with E-state index in [2.05, 4.69) is 28.8 Å². The third-order valence-corrected chi connectivity index (χ3v) is 6.31. The summed E-state index contributed by atoms with van der Waals surface area (Å²) < 4.78 is 0. The van der Waals surface area contributed by atoms with E-state index in [9.17, 15) is 4.79 Å². The lowest BCUT2D eigenvalue weighted by molar-refractivity contribution is -0.118. The van der Waals surface area contributed by atoms with Gasteiger partial charge >= 0.3 is 0 Å². The quantitative estimate of drug-likeness (QED) is 0.879. The first-order chi connectivity index (χ1) is 11.8. The number of para-hydroxylation sites is 1. The summed E-state index contributed by atoms with van der Waals surface area (Å²) in [6.45, 7) is 2.09. The molecule has 4 heteroatoms. The van der Waals surface area contributed by atoms with E-state index in [1.165, 1.54) is 4.90 Å². The van der Waals surface area contributed by atoms with Crippen LogP contribution in [0.5, 0.6) is 0 Å². The fourth-order valence-corrected chi connectivity index (χ4v) is 4.61. The number of piperidine rings is 1. The molecule has 2 fully saturated rings. The fraction of sp³-hybridized carbons (Fsp3) is 0.350. The second kappa shape index (κ2) is 6.61. The van der Waals surface area contributed by atoms with Crippen LogP contribution in [0.1, 0.15) is 19.3 Å². The standard InChI is InChI=1S/C20H22N2OS/c23-19(16-14-20(16)10-12-21-13-11-20)22-17-8-4-5-9-18(17)24-15-6-2-1-3-7-15/h1-9,16,21H,10-14H2,(H,22,23). The van der Waals surface area contributed by atoms with Gasteiger partial charge in [-0.15, -0.1) is 0 Å². The molecule has 1 amide bonds. The molecule has 1 saturated carbocycles. The first-order valence-electron chi connectivity index (χ1n) is 8.60. The lowest BCUT2D eigenvalue weighted by Gasteiger charge is -2.23. The number of benzene rings is 2. The molecule has 1 unspecified atom stereocenters. The molecule has 2 aromatic carbocycles. The number of rotatable bonds is 4. The predicted octanol–water partition coefficient (Wildman–Crippen LogP) is 4.17. The van der Waals surface area contributed by atoms with Crippen LogP contribution in [0.3, 0.4) is 0 Å². The van der Waals surface area contributed by atoms with Crippen LogP contribution in [0.15, 0.2) is 64.4 Å². The number of carbonyl (C=O) groups is 1. The van der Waals surface area contributed by atoms with Gasteiger partial charge in [-0.25, -0.2) is 0 Å². The summed E-state index contributed by atoms with van der Waals surface area (Å²) in [7, 11) is 0. The second-order valence-electron chi connectivity index (χ2n) is 6.77. The summed E-state index contributed by atoms with van der Waals surface area (Å²) >= 11 is 1.69. The summed E-state index contributed by atoms with van der Waals surface area (Å²) in [6, 6.07) is 18.3. The van der Waals surface area contributed by atoms with Gasteiger partial charge in [-0.05, 0) is 62.0 Å². The number of nitrogens with one attached hydrogen (secondary N) is 2. The Labute approximate surface area is 147 Å². The average molecular weight is 338 g/mol. The van der Waals surface area contributed by atoms with Crippen molar-refractivity contribution in [2.24, 2.45) is 11.3 Å². The van der Waals surface area contributed by atoms with Gasteiger partial charge in [0.25, 0.3) is 0 Å². The molecule has 24 heavy (non-hydrogen) atoms. The molecule has 1 heterocycles. The third-order valence-electron chi connectivity index (χ3n) is 5.22. The second-order valence-corrected chi connectivity index (χ2v) is 7.88. The Morgan fingerprint density at radius 2 is 1.75 bits per heavy atom. The van der Waals surface area contributed by atoms with Crippen LogP contribution in [0.4, 0.5) is 5.69 Å². The highest BCUT2D eigenvalue weighted by atomic mass is 32.2. The van der Waals surface area contributed by atoms with Crippen molar-refractivity contribution in [3.63, 3.8) is 0 Å². The molecule has 1 atom stereocenters. The summed E-state index contributed by atoms with van der Waals surface area (Å²) in [5.41, 5.74) is 1.20. The average Bonchev–Trinajstić information content (AvgIpc) is 3.31. The van der Waals surface area contributed by atoms with Crippen molar-refractivity contribution in [3.8, 4) is 0 Å². The maximum Gasteiger partial charge on any atom is 0.228 e. The molecular formula is C20H22N2OS. The minimum absolute atomic E-state index is 0.189. The Kier molecular flexibility index (Phi) is 4.33. The van der Waals surface area contributed by atoms with E-state index < -0.39 is 0 Å². The number of carbonyl (C=O) groups excluding carboxylic acids is 1. The smallest absolute Gasteiger partial charge is 0.228 e. The molecule has 2 N–H and O–H groups in total. The zero-order valence-electron chi connectivity index (χ0n) is 13.6. The number of hydrogen-bond acceptors (Lipinski definition) is 3. The SMILES string of the molecule is O=C(Nc1ccccc1Sc1ccccc1)C1CC12CCNCC2. The molecule has 2 aromatic rings. The largest absolute Gasteiger partial charge is 0.325 e. The van der Waals surface area contributed by atoms with Gasteiger partial charge in [0.15, 0.2) is 0 Å². The van der Waals surface area contributed by atoms with E-state index in [1.54, 1.807) is 11.8 Å². The molecule has 1 saturated heterocycles. The van der Waals surface area contributed by atoms with Crippen molar-refractivity contribution >= 4 is 23.4 Å². The van der Waals surface area contributed by atoms with E-state index in [0.717, 1.165) is 42.9 Å². The normalized spacial score (nSPS) is 21.4. The van der Waals surface area contributed by atoms with Crippen molar-refractivity contribution in [2.75, 3.05) is 18.4 Å². The molecule has 124 valence electrons. The van der Waals surface area contributed by atoms with E-state index in [-0.39, 0.29) is 17.2 Å². The van der Waals surface area contributed by atoms with Crippen LogP contribution in [-0.4, -0.2) is 19.0 Å². The molecule has 1 spiro atoms. The first kappa shape index (κ1) is 15.7. The van der Waals surface area contributed by atoms with Crippen molar-refractivity contribution in [1.29, 1.82) is 0 Å². The monoisotopic (exact) mass is 338 g/mol. The highest BCUT2D eigenvalue weighted by Crippen LogP contribution is 2.58. The number of amides is 1. The van der Waals surface area contributed by atoms with Gasteiger partial charge in [-0.2, -0.15) is 0 Å². The Morgan fingerprint density at radius 3 is 2.54 bits per heavy atom. The lowest BCUT2D eigenvalue weighted by Crippen LogP contribution is -2.31. The maximum atomic E-state index is 12.7. The maximum absolute atomic E-state index is 12.7. The van der Waals surface area contributed by atoms with Crippen molar-refractivity contribution in [2.45, 2.75) is 29.1 Å². The van der Waals surface area contributed by atoms with Crippen LogP contribution in [0, 0.1) is 11.3 Å². The van der Waals surface area contributed by atoms with E-state index in [4.69, 9.17) is 0 Å². The molecule has 3 nitrogen and oxygen atoms in total. The van der Waals surface area contributed by atoms with Gasteiger partial charge in [0.2, 0.25) is 5.91 Å². The molecule has 1 aliphatic carbocycles. The van der Waals surface area contributed by atoms with Gasteiger partial charge < -0.3 is 10.6 Å². The number of anilines is 1. The highest BCUT2D eigenvalue weighted by Gasteiger charge is 2.57. The van der Waals surface area contributed by atoms with E-state index in [0.29, 0.717) is 0 Å². The van der Waals surface area contributed by atoms with Gasteiger partial charge in [0.05, 0.1) is 5.69 Å². The minimum Gasteiger partial charge on any atom is -0.325 e. The summed E-state index contributed by atoms with van der Waals surface area (Å²) in [5.74, 6) is 0.382. The first-order valence-corrected chi connectivity index (χ1v) is 9.42. The Morgan fingerprint density at radius 1 is 1.04 bits per heavy atom. The summed E-state index contributed by atoms with van der Waals surface area (Å²) in [6.07, 6.45) is 3.31. The van der Waals surface area contributed by atoms with Crippen LogP contribution in [0.25, 0.3) is 0 Å². The van der Waals surface area contributed by atoms with Crippen molar-refractivity contribution in [3.05, 3.63) is 54.6 Å². The van der Waals surface area contributed by atoms with Crippen LogP contribution in [-0.2, 0) is 4.79 Å². The van der Waals surface area contributed by atoms with Gasteiger partial charge in [-0.1, -0.05) is 42.1 Å².